The van der Waals surface area contributed by atoms with Crippen molar-refractivity contribution >= 4 is 11.9 Å². The van der Waals surface area contributed by atoms with E-state index in [9.17, 15) is 24.9 Å². The van der Waals surface area contributed by atoms with Gasteiger partial charge in [0.2, 0.25) is 0 Å². The fourth-order valence-corrected chi connectivity index (χ4v) is 2.77. The third kappa shape index (κ3) is 2.53. The fraction of sp³-hybridized carbons (Fsp3) is 0.467. The van der Waals surface area contributed by atoms with E-state index in [2.05, 4.69) is 0 Å². The molecule has 1 fully saturated rings. The van der Waals surface area contributed by atoms with E-state index in [0.717, 1.165) is 6.07 Å². The van der Waals surface area contributed by atoms with E-state index in [0.29, 0.717) is 13.0 Å². The number of phenolic OH excluding ortho intramolecular Hbond substituents is 2. The standard InChI is InChI=1S/C15H19NO5/c1-9(2)15(14(20)21)5-6-16(8-15)13(19)11-4-3-10(17)7-12(11)18/h3-4,7,9,17-18H,5-6,8H2,1-2H3,(H,20,21). The average molecular weight is 293 g/mol. The van der Waals surface area contributed by atoms with Gasteiger partial charge in [0.1, 0.15) is 11.5 Å². The van der Waals surface area contributed by atoms with Crippen molar-refractivity contribution in [3.05, 3.63) is 23.8 Å². The number of carbonyl (C=O) groups excluding carboxylic acids is 1. The van der Waals surface area contributed by atoms with Crippen LogP contribution >= 0.6 is 0 Å². The smallest absolute Gasteiger partial charge is 0.311 e. The number of benzene rings is 1. The average Bonchev–Trinajstić information content (AvgIpc) is 2.84. The summed E-state index contributed by atoms with van der Waals surface area (Å²) in [6, 6.07) is 3.75. The van der Waals surface area contributed by atoms with E-state index < -0.39 is 17.3 Å². The molecule has 1 unspecified atom stereocenters. The molecule has 0 aliphatic carbocycles. The summed E-state index contributed by atoms with van der Waals surface area (Å²) in [7, 11) is 0. The number of aliphatic carboxylic acids is 1. The molecule has 1 aromatic rings. The lowest BCUT2D eigenvalue weighted by Crippen LogP contribution is -2.40. The minimum atomic E-state index is -0.942. The normalized spacial score (nSPS) is 21.8. The van der Waals surface area contributed by atoms with Crippen LogP contribution in [0.5, 0.6) is 11.5 Å². The molecule has 21 heavy (non-hydrogen) atoms. The molecule has 114 valence electrons. The van der Waals surface area contributed by atoms with Crippen LogP contribution in [-0.4, -0.2) is 45.2 Å². The summed E-state index contributed by atoms with van der Waals surface area (Å²) in [5.41, 5.74) is -0.875. The van der Waals surface area contributed by atoms with Gasteiger partial charge in [-0.05, 0) is 24.5 Å². The number of amides is 1. The highest BCUT2D eigenvalue weighted by Crippen LogP contribution is 2.39. The van der Waals surface area contributed by atoms with Crippen LogP contribution < -0.4 is 0 Å². The number of carbonyl (C=O) groups is 2. The second-order valence-corrected chi connectivity index (χ2v) is 5.79. The number of carboxylic acid groups (broad SMARTS) is 1. The summed E-state index contributed by atoms with van der Waals surface area (Å²) in [4.78, 5) is 25.4. The Balaban J connectivity index is 2.25. The Morgan fingerprint density at radius 2 is 1.95 bits per heavy atom. The van der Waals surface area contributed by atoms with Crippen molar-refractivity contribution in [2.75, 3.05) is 13.1 Å². The van der Waals surface area contributed by atoms with Crippen LogP contribution in [0.2, 0.25) is 0 Å². The lowest BCUT2D eigenvalue weighted by molar-refractivity contribution is -0.150. The zero-order chi connectivity index (χ0) is 15.8. The molecule has 0 aromatic heterocycles. The van der Waals surface area contributed by atoms with Gasteiger partial charge in [-0.3, -0.25) is 9.59 Å². The van der Waals surface area contributed by atoms with Crippen molar-refractivity contribution in [1.82, 2.24) is 4.90 Å². The zero-order valence-corrected chi connectivity index (χ0v) is 12.0. The van der Waals surface area contributed by atoms with E-state index in [4.69, 9.17) is 0 Å². The topological polar surface area (TPSA) is 98.1 Å². The number of rotatable bonds is 3. The minimum Gasteiger partial charge on any atom is -0.508 e. The summed E-state index contributed by atoms with van der Waals surface area (Å²) >= 11 is 0. The van der Waals surface area contributed by atoms with Crippen molar-refractivity contribution in [3.63, 3.8) is 0 Å². The largest absolute Gasteiger partial charge is 0.508 e. The van der Waals surface area contributed by atoms with Crippen LogP contribution in [0.25, 0.3) is 0 Å². The molecule has 6 nitrogen and oxygen atoms in total. The van der Waals surface area contributed by atoms with E-state index >= 15 is 0 Å². The SMILES string of the molecule is CC(C)C1(C(=O)O)CCN(C(=O)c2ccc(O)cc2O)C1. The summed E-state index contributed by atoms with van der Waals surface area (Å²) in [5.74, 6) is -1.86. The first kappa shape index (κ1) is 15.2. The van der Waals surface area contributed by atoms with Crippen molar-refractivity contribution in [3.8, 4) is 11.5 Å². The number of hydrogen-bond acceptors (Lipinski definition) is 4. The molecule has 1 amide bonds. The number of hydrogen-bond donors (Lipinski definition) is 3. The number of likely N-dealkylation sites (tertiary alicyclic amines) is 1. The molecular formula is C15H19NO5. The molecule has 3 N–H and O–H groups in total. The first-order valence-electron chi connectivity index (χ1n) is 6.82. The highest BCUT2D eigenvalue weighted by atomic mass is 16.4. The van der Waals surface area contributed by atoms with E-state index in [-0.39, 0.29) is 29.5 Å². The van der Waals surface area contributed by atoms with Crippen LogP contribution in [0.15, 0.2) is 18.2 Å². The van der Waals surface area contributed by atoms with Crippen molar-refractivity contribution < 1.29 is 24.9 Å². The molecule has 6 heteroatoms. The molecule has 1 saturated heterocycles. The quantitative estimate of drug-likeness (QED) is 0.787. The van der Waals surface area contributed by atoms with Crippen LogP contribution in [0.4, 0.5) is 0 Å². The second kappa shape index (κ2) is 5.27. The van der Waals surface area contributed by atoms with Gasteiger partial charge < -0.3 is 20.2 Å². The maximum Gasteiger partial charge on any atom is 0.311 e. The van der Waals surface area contributed by atoms with Crippen LogP contribution in [0.3, 0.4) is 0 Å². The monoisotopic (exact) mass is 293 g/mol. The van der Waals surface area contributed by atoms with Crippen LogP contribution in [0, 0.1) is 11.3 Å². The number of phenols is 2. The van der Waals surface area contributed by atoms with E-state index in [1.807, 2.05) is 13.8 Å². The van der Waals surface area contributed by atoms with Gasteiger partial charge in [-0.1, -0.05) is 13.8 Å². The number of aromatic hydroxyl groups is 2. The molecule has 0 spiro atoms. The van der Waals surface area contributed by atoms with Crippen molar-refractivity contribution in [2.45, 2.75) is 20.3 Å². The van der Waals surface area contributed by atoms with Crippen molar-refractivity contribution in [1.29, 1.82) is 0 Å². The number of nitrogens with zero attached hydrogens (tertiary/aromatic N) is 1. The van der Waals surface area contributed by atoms with Gasteiger partial charge in [0, 0.05) is 19.2 Å². The van der Waals surface area contributed by atoms with Gasteiger partial charge in [0.15, 0.2) is 0 Å². The lowest BCUT2D eigenvalue weighted by atomic mass is 9.76. The molecule has 1 aliphatic heterocycles. The summed E-state index contributed by atoms with van der Waals surface area (Å²) in [6.07, 6.45) is 0.393. The second-order valence-electron chi connectivity index (χ2n) is 5.79. The maximum atomic E-state index is 12.4. The predicted octanol–water partition coefficient (Wildman–Crippen LogP) is 1.67. The van der Waals surface area contributed by atoms with Crippen LogP contribution in [0.1, 0.15) is 30.6 Å². The molecular weight excluding hydrogens is 274 g/mol. The number of carboxylic acids is 1. The summed E-state index contributed by atoms with van der Waals surface area (Å²) in [6.45, 7) is 4.13. The minimum absolute atomic E-state index is 0.0674. The third-order valence-electron chi connectivity index (χ3n) is 4.33. The Morgan fingerprint density at radius 1 is 1.29 bits per heavy atom. The van der Waals surface area contributed by atoms with E-state index in [1.165, 1.54) is 17.0 Å². The molecule has 1 aliphatic rings. The molecule has 2 rings (SSSR count). The third-order valence-corrected chi connectivity index (χ3v) is 4.33. The first-order chi connectivity index (χ1) is 9.78. The van der Waals surface area contributed by atoms with Gasteiger partial charge >= 0.3 is 5.97 Å². The van der Waals surface area contributed by atoms with Gasteiger partial charge in [-0.25, -0.2) is 0 Å². The van der Waals surface area contributed by atoms with Gasteiger partial charge in [0.25, 0.3) is 5.91 Å². The highest BCUT2D eigenvalue weighted by molar-refractivity contribution is 5.97. The van der Waals surface area contributed by atoms with Gasteiger partial charge in [0.05, 0.1) is 11.0 Å². The Kier molecular flexibility index (Phi) is 3.80. The van der Waals surface area contributed by atoms with Crippen LogP contribution in [-0.2, 0) is 4.79 Å². The highest BCUT2D eigenvalue weighted by Gasteiger charge is 2.48. The Morgan fingerprint density at radius 3 is 2.43 bits per heavy atom. The molecule has 0 bridgehead atoms. The molecule has 1 atom stereocenters. The first-order valence-corrected chi connectivity index (χ1v) is 6.82. The maximum absolute atomic E-state index is 12.4. The summed E-state index contributed by atoms with van der Waals surface area (Å²) in [5, 5.41) is 28.5. The Bertz CT molecular complexity index is 583. The molecule has 0 radical (unpaired) electrons. The zero-order valence-electron chi connectivity index (χ0n) is 12.0. The van der Waals surface area contributed by atoms with E-state index in [1.54, 1.807) is 0 Å². The summed E-state index contributed by atoms with van der Waals surface area (Å²) < 4.78 is 0. The Hall–Kier alpha value is -2.24. The Labute approximate surface area is 122 Å². The fourth-order valence-electron chi connectivity index (χ4n) is 2.77. The van der Waals surface area contributed by atoms with Gasteiger partial charge in [-0.15, -0.1) is 0 Å². The lowest BCUT2D eigenvalue weighted by Gasteiger charge is -2.28. The van der Waals surface area contributed by atoms with Crippen molar-refractivity contribution in [2.24, 2.45) is 11.3 Å². The van der Waals surface area contributed by atoms with Gasteiger partial charge in [-0.2, -0.15) is 0 Å². The molecule has 1 heterocycles. The predicted molar refractivity (Wildman–Crippen MR) is 75.2 cm³/mol. The molecule has 1 aromatic carbocycles. The molecule has 0 saturated carbocycles.